The van der Waals surface area contributed by atoms with Crippen molar-refractivity contribution >= 4 is 11.9 Å². The van der Waals surface area contributed by atoms with Gasteiger partial charge < -0.3 is 14.5 Å². The van der Waals surface area contributed by atoms with Gasteiger partial charge in [-0.25, -0.2) is 14.8 Å². The third kappa shape index (κ3) is 2.95. The molecule has 6 nitrogen and oxygen atoms in total. The van der Waals surface area contributed by atoms with Crippen LogP contribution >= 0.6 is 0 Å². The van der Waals surface area contributed by atoms with Gasteiger partial charge in [0.15, 0.2) is 0 Å². The summed E-state index contributed by atoms with van der Waals surface area (Å²) in [5, 5.41) is 0. The Bertz CT molecular complexity index is 399. The first-order chi connectivity index (χ1) is 8.70. The Morgan fingerprint density at radius 2 is 1.89 bits per heavy atom. The van der Waals surface area contributed by atoms with E-state index in [9.17, 15) is 4.79 Å². The number of ether oxygens (including phenoxy) is 1. The Morgan fingerprint density at radius 1 is 1.28 bits per heavy atom. The number of carbonyl (C=O) groups is 1. The smallest absolute Gasteiger partial charge is 0.341 e. The summed E-state index contributed by atoms with van der Waals surface area (Å²) in [6.45, 7) is 5.97. The molecule has 1 aliphatic rings. The van der Waals surface area contributed by atoms with Crippen LogP contribution in [-0.2, 0) is 4.74 Å². The van der Waals surface area contributed by atoms with Crippen molar-refractivity contribution in [3.8, 4) is 0 Å². The van der Waals surface area contributed by atoms with E-state index >= 15 is 0 Å². The van der Waals surface area contributed by atoms with Crippen LogP contribution in [0.5, 0.6) is 0 Å². The summed E-state index contributed by atoms with van der Waals surface area (Å²) in [5.74, 6) is 0.304. The molecule has 0 spiro atoms. The number of nitrogens with zero attached hydrogens (tertiary/aromatic N) is 4. The van der Waals surface area contributed by atoms with Crippen molar-refractivity contribution in [1.29, 1.82) is 0 Å². The highest BCUT2D eigenvalue weighted by Gasteiger charge is 2.17. The number of likely N-dealkylation sites (N-methyl/N-ethyl adjacent to an activating group) is 1. The first-order valence-corrected chi connectivity index (χ1v) is 6.13. The molecule has 0 N–H and O–H groups in total. The molecule has 1 saturated heterocycles. The maximum Gasteiger partial charge on any atom is 0.341 e. The Balaban J connectivity index is 2.01. The molecule has 0 aliphatic carbocycles. The lowest BCUT2D eigenvalue weighted by Crippen LogP contribution is -2.45. The normalized spacial score (nSPS) is 16.7. The minimum Gasteiger partial charge on any atom is -0.462 e. The summed E-state index contributed by atoms with van der Waals surface area (Å²) >= 11 is 0. The SMILES string of the molecule is CCOC(=O)c1cnc(N2CCN(C)CC2)nc1. The lowest BCUT2D eigenvalue weighted by atomic mass is 10.3. The van der Waals surface area contributed by atoms with E-state index in [0.717, 1.165) is 26.2 Å². The number of esters is 1. The van der Waals surface area contributed by atoms with Crippen molar-refractivity contribution in [1.82, 2.24) is 14.9 Å². The zero-order valence-corrected chi connectivity index (χ0v) is 10.8. The molecule has 0 saturated carbocycles. The Labute approximate surface area is 107 Å². The Hall–Kier alpha value is -1.69. The molecule has 1 aromatic rings. The van der Waals surface area contributed by atoms with Gasteiger partial charge in [-0.3, -0.25) is 0 Å². The third-order valence-electron chi connectivity index (χ3n) is 2.94. The first-order valence-electron chi connectivity index (χ1n) is 6.13. The number of hydrogen-bond donors (Lipinski definition) is 0. The van der Waals surface area contributed by atoms with Gasteiger partial charge in [-0.15, -0.1) is 0 Å². The van der Waals surface area contributed by atoms with Gasteiger partial charge >= 0.3 is 5.97 Å². The molecule has 98 valence electrons. The molecule has 0 amide bonds. The molecule has 18 heavy (non-hydrogen) atoms. The summed E-state index contributed by atoms with van der Waals surface area (Å²) < 4.78 is 4.89. The summed E-state index contributed by atoms with van der Waals surface area (Å²) in [4.78, 5) is 24.3. The Kier molecular flexibility index (Phi) is 4.09. The third-order valence-corrected chi connectivity index (χ3v) is 2.94. The average molecular weight is 250 g/mol. The fraction of sp³-hybridized carbons (Fsp3) is 0.583. The predicted molar refractivity (Wildman–Crippen MR) is 67.7 cm³/mol. The molecule has 0 aromatic carbocycles. The number of hydrogen-bond acceptors (Lipinski definition) is 6. The van der Waals surface area contributed by atoms with E-state index in [-0.39, 0.29) is 5.97 Å². The van der Waals surface area contributed by atoms with E-state index < -0.39 is 0 Å². The molecule has 2 rings (SSSR count). The lowest BCUT2D eigenvalue weighted by Gasteiger charge is -2.32. The highest BCUT2D eigenvalue weighted by Crippen LogP contribution is 2.10. The molecule has 1 aromatic heterocycles. The monoisotopic (exact) mass is 250 g/mol. The summed E-state index contributed by atoms with van der Waals surface area (Å²) in [5.41, 5.74) is 0.398. The number of anilines is 1. The largest absolute Gasteiger partial charge is 0.462 e. The van der Waals surface area contributed by atoms with Crippen molar-refractivity contribution in [3.05, 3.63) is 18.0 Å². The summed E-state index contributed by atoms with van der Waals surface area (Å²) in [6, 6.07) is 0. The molecule has 0 bridgehead atoms. The quantitative estimate of drug-likeness (QED) is 0.724. The molecular formula is C12H18N4O2. The van der Waals surface area contributed by atoms with E-state index in [2.05, 4.69) is 26.8 Å². The topological polar surface area (TPSA) is 58.6 Å². The summed E-state index contributed by atoms with van der Waals surface area (Å²) in [7, 11) is 2.10. The van der Waals surface area contributed by atoms with Crippen LogP contribution in [0, 0.1) is 0 Å². The fourth-order valence-electron chi connectivity index (χ4n) is 1.81. The summed E-state index contributed by atoms with van der Waals surface area (Å²) in [6.07, 6.45) is 3.05. The van der Waals surface area contributed by atoms with Gasteiger partial charge in [-0.2, -0.15) is 0 Å². The van der Waals surface area contributed by atoms with Gasteiger partial charge in [-0.1, -0.05) is 0 Å². The van der Waals surface area contributed by atoms with Gasteiger partial charge in [0, 0.05) is 38.6 Å². The second-order valence-corrected chi connectivity index (χ2v) is 4.28. The van der Waals surface area contributed by atoms with E-state index in [1.165, 1.54) is 12.4 Å². The fourth-order valence-corrected chi connectivity index (χ4v) is 1.81. The van der Waals surface area contributed by atoms with Gasteiger partial charge in [0.25, 0.3) is 0 Å². The minimum absolute atomic E-state index is 0.360. The van der Waals surface area contributed by atoms with Crippen LogP contribution < -0.4 is 4.90 Å². The maximum absolute atomic E-state index is 11.5. The van der Waals surface area contributed by atoms with Crippen LogP contribution in [0.4, 0.5) is 5.95 Å². The van der Waals surface area contributed by atoms with E-state index in [1.54, 1.807) is 6.92 Å². The van der Waals surface area contributed by atoms with Gasteiger partial charge in [0.05, 0.1) is 12.2 Å². The molecule has 0 radical (unpaired) electrons. The van der Waals surface area contributed by atoms with Crippen LogP contribution in [0.2, 0.25) is 0 Å². The van der Waals surface area contributed by atoms with Crippen LogP contribution in [-0.4, -0.2) is 60.7 Å². The van der Waals surface area contributed by atoms with Crippen LogP contribution in [0.3, 0.4) is 0 Å². The molecule has 0 atom stereocenters. The second kappa shape index (κ2) is 5.77. The lowest BCUT2D eigenvalue weighted by molar-refractivity contribution is 0.0525. The first kappa shape index (κ1) is 12.8. The van der Waals surface area contributed by atoms with Crippen molar-refractivity contribution in [2.45, 2.75) is 6.92 Å². The van der Waals surface area contributed by atoms with Crippen LogP contribution in [0.1, 0.15) is 17.3 Å². The van der Waals surface area contributed by atoms with Crippen molar-refractivity contribution < 1.29 is 9.53 Å². The van der Waals surface area contributed by atoms with Crippen LogP contribution in [0.15, 0.2) is 12.4 Å². The van der Waals surface area contributed by atoms with Gasteiger partial charge in [0.1, 0.15) is 0 Å². The highest BCUT2D eigenvalue weighted by atomic mass is 16.5. The van der Waals surface area contributed by atoms with Crippen molar-refractivity contribution in [2.24, 2.45) is 0 Å². The molecule has 6 heteroatoms. The zero-order valence-electron chi connectivity index (χ0n) is 10.8. The van der Waals surface area contributed by atoms with E-state index in [4.69, 9.17) is 4.74 Å². The van der Waals surface area contributed by atoms with Gasteiger partial charge in [0.2, 0.25) is 5.95 Å². The maximum atomic E-state index is 11.5. The second-order valence-electron chi connectivity index (χ2n) is 4.28. The molecule has 1 fully saturated rings. The van der Waals surface area contributed by atoms with E-state index in [1.807, 2.05) is 0 Å². The van der Waals surface area contributed by atoms with Crippen LogP contribution in [0.25, 0.3) is 0 Å². The standard InChI is InChI=1S/C12H18N4O2/c1-3-18-11(17)10-8-13-12(14-9-10)16-6-4-15(2)5-7-16/h8-9H,3-7H2,1-2H3. The number of piperazine rings is 1. The highest BCUT2D eigenvalue weighted by molar-refractivity contribution is 5.88. The molecule has 0 unspecified atom stereocenters. The number of rotatable bonds is 3. The molecular weight excluding hydrogens is 232 g/mol. The van der Waals surface area contributed by atoms with E-state index in [0.29, 0.717) is 18.1 Å². The van der Waals surface area contributed by atoms with Crippen molar-refractivity contribution in [2.75, 3.05) is 44.7 Å². The van der Waals surface area contributed by atoms with Crippen molar-refractivity contribution in [3.63, 3.8) is 0 Å². The average Bonchev–Trinajstić information content (AvgIpc) is 2.40. The predicted octanol–water partition coefficient (Wildman–Crippen LogP) is 0.405. The minimum atomic E-state index is -0.373. The number of carbonyl (C=O) groups excluding carboxylic acids is 1. The zero-order chi connectivity index (χ0) is 13.0. The van der Waals surface area contributed by atoms with Gasteiger partial charge in [-0.05, 0) is 14.0 Å². The molecule has 2 heterocycles. The Morgan fingerprint density at radius 3 is 2.44 bits per heavy atom. The molecule has 1 aliphatic heterocycles. The number of aromatic nitrogens is 2.